The van der Waals surface area contributed by atoms with Gasteiger partial charge in [-0.15, -0.1) is 0 Å². The molecule has 2 aliphatic carbocycles. The summed E-state index contributed by atoms with van der Waals surface area (Å²) in [6, 6.07) is 3.22. The molecule has 2 radical (unpaired) electrons. The summed E-state index contributed by atoms with van der Waals surface area (Å²) in [5.74, 6) is -0.820. The second-order valence-electron chi connectivity index (χ2n) is 8.27. The largest absolute Gasteiger partial charge is 0.426 e. The van der Waals surface area contributed by atoms with E-state index in [0.29, 0.717) is 11.6 Å². The topological polar surface area (TPSA) is 35.5 Å². The van der Waals surface area contributed by atoms with Gasteiger partial charge in [-0.25, -0.2) is 8.78 Å². The van der Waals surface area contributed by atoms with Gasteiger partial charge in [0.25, 0.3) is 0 Å². The summed E-state index contributed by atoms with van der Waals surface area (Å²) >= 11 is 0. The van der Waals surface area contributed by atoms with Crippen molar-refractivity contribution in [2.75, 3.05) is 7.11 Å². The van der Waals surface area contributed by atoms with Gasteiger partial charge in [0.15, 0.2) is 11.6 Å². The first-order valence-electron chi connectivity index (χ1n) is 10.4. The molecule has 28 heavy (non-hydrogen) atoms. The monoisotopic (exact) mass is 408 g/mol. The maximum atomic E-state index is 13.3. The standard InChI is InChI=1S/C22H30F2O3Si/c1-14(26-2)28-19-10-7-16(8-11-19)15-3-5-17(6-4-15)22(25)27-18-9-12-20(23)21(24)13-18/h9,12-17,19H,3-8,10-11H2,1-2H3. The Morgan fingerprint density at radius 2 is 1.61 bits per heavy atom. The Kier molecular flexibility index (Phi) is 7.63. The van der Waals surface area contributed by atoms with Gasteiger partial charge in [-0.2, -0.15) is 0 Å². The highest BCUT2D eigenvalue weighted by Crippen LogP contribution is 2.43. The lowest BCUT2D eigenvalue weighted by Crippen LogP contribution is -2.31. The summed E-state index contributed by atoms with van der Waals surface area (Å²) < 4.78 is 37.0. The number of benzene rings is 1. The molecule has 0 aromatic heterocycles. The van der Waals surface area contributed by atoms with E-state index in [1.54, 1.807) is 7.11 Å². The Hall–Kier alpha value is -1.27. The zero-order valence-corrected chi connectivity index (χ0v) is 17.8. The van der Waals surface area contributed by atoms with Crippen LogP contribution >= 0.6 is 0 Å². The highest BCUT2D eigenvalue weighted by Gasteiger charge is 2.34. The van der Waals surface area contributed by atoms with Crippen molar-refractivity contribution in [2.24, 2.45) is 17.8 Å². The Balaban J connectivity index is 1.42. The first-order chi connectivity index (χ1) is 13.5. The van der Waals surface area contributed by atoms with Crippen LogP contribution in [-0.2, 0) is 9.53 Å². The average Bonchev–Trinajstić information content (AvgIpc) is 2.71. The number of rotatable bonds is 6. The molecular formula is C22H30F2O3Si. The molecule has 1 aromatic rings. The number of halogens is 2. The summed E-state index contributed by atoms with van der Waals surface area (Å²) in [5, 5.41) is 0. The van der Waals surface area contributed by atoms with Gasteiger partial charge in [0.2, 0.25) is 0 Å². The maximum Gasteiger partial charge on any atom is 0.314 e. The van der Waals surface area contributed by atoms with Crippen molar-refractivity contribution >= 4 is 15.5 Å². The summed E-state index contributed by atoms with van der Waals surface area (Å²) in [6.45, 7) is 2.16. The molecule has 0 amide bonds. The number of ether oxygens (including phenoxy) is 2. The summed E-state index contributed by atoms with van der Waals surface area (Å²) in [4.78, 5) is 12.4. The zero-order valence-electron chi connectivity index (χ0n) is 16.8. The highest BCUT2D eigenvalue weighted by molar-refractivity contribution is 6.39. The van der Waals surface area contributed by atoms with Crippen LogP contribution in [0.4, 0.5) is 8.78 Å². The molecule has 1 aromatic carbocycles. The van der Waals surface area contributed by atoms with Crippen LogP contribution in [0.1, 0.15) is 58.3 Å². The third kappa shape index (κ3) is 5.63. The number of carbonyl (C=O) groups is 1. The van der Waals surface area contributed by atoms with Gasteiger partial charge in [0.05, 0.1) is 15.4 Å². The van der Waals surface area contributed by atoms with Crippen LogP contribution in [0.25, 0.3) is 0 Å². The fourth-order valence-electron chi connectivity index (χ4n) is 4.72. The molecule has 3 nitrogen and oxygen atoms in total. The van der Waals surface area contributed by atoms with E-state index in [2.05, 4.69) is 6.92 Å². The van der Waals surface area contributed by atoms with Crippen LogP contribution in [0.5, 0.6) is 5.75 Å². The molecule has 2 saturated carbocycles. The predicted molar refractivity (Wildman–Crippen MR) is 105 cm³/mol. The molecule has 6 heteroatoms. The number of hydrogen-bond acceptors (Lipinski definition) is 3. The molecule has 0 aliphatic heterocycles. The van der Waals surface area contributed by atoms with Gasteiger partial charge in [-0.05, 0) is 62.1 Å². The lowest BCUT2D eigenvalue weighted by molar-refractivity contribution is -0.140. The molecule has 0 bridgehead atoms. The van der Waals surface area contributed by atoms with E-state index in [4.69, 9.17) is 9.47 Å². The van der Waals surface area contributed by atoms with E-state index < -0.39 is 11.6 Å². The van der Waals surface area contributed by atoms with Crippen molar-refractivity contribution < 1.29 is 23.0 Å². The quantitative estimate of drug-likeness (QED) is 0.361. The third-order valence-electron chi connectivity index (χ3n) is 6.48. The molecule has 3 rings (SSSR count). The molecule has 2 fully saturated rings. The molecule has 0 spiro atoms. The fourth-order valence-corrected chi connectivity index (χ4v) is 6.19. The predicted octanol–water partition coefficient (Wildman–Crippen LogP) is 5.35. The van der Waals surface area contributed by atoms with Crippen LogP contribution in [0.15, 0.2) is 18.2 Å². The number of hydrogen-bond donors (Lipinski definition) is 0. The van der Waals surface area contributed by atoms with Crippen molar-refractivity contribution in [1.82, 2.24) is 0 Å². The molecular weight excluding hydrogens is 378 g/mol. The van der Waals surface area contributed by atoms with E-state index >= 15 is 0 Å². The van der Waals surface area contributed by atoms with Crippen molar-refractivity contribution in [3.63, 3.8) is 0 Å². The third-order valence-corrected chi connectivity index (χ3v) is 8.23. The summed E-state index contributed by atoms with van der Waals surface area (Å²) in [7, 11) is 2.69. The van der Waals surface area contributed by atoms with Gasteiger partial charge < -0.3 is 9.47 Å². The van der Waals surface area contributed by atoms with Crippen LogP contribution in [0.2, 0.25) is 5.54 Å². The molecule has 0 N–H and O–H groups in total. The van der Waals surface area contributed by atoms with Gasteiger partial charge >= 0.3 is 5.97 Å². The fraction of sp³-hybridized carbons (Fsp3) is 0.682. The second-order valence-corrected chi connectivity index (χ2v) is 10.2. The Morgan fingerprint density at radius 1 is 1.00 bits per heavy atom. The summed E-state index contributed by atoms with van der Waals surface area (Å²) in [5.41, 5.74) is 1.19. The van der Waals surface area contributed by atoms with Crippen molar-refractivity contribution in [3.05, 3.63) is 29.8 Å². The van der Waals surface area contributed by atoms with Gasteiger partial charge in [0, 0.05) is 18.9 Å². The number of carbonyl (C=O) groups excluding carboxylic acids is 1. The molecule has 0 heterocycles. The molecule has 1 unspecified atom stereocenters. The van der Waals surface area contributed by atoms with E-state index in [9.17, 15) is 13.6 Å². The van der Waals surface area contributed by atoms with Crippen molar-refractivity contribution in [1.29, 1.82) is 0 Å². The smallest absolute Gasteiger partial charge is 0.314 e. The van der Waals surface area contributed by atoms with E-state index in [0.717, 1.165) is 58.8 Å². The number of esters is 1. The number of methoxy groups -OCH3 is 1. The maximum absolute atomic E-state index is 13.3. The van der Waals surface area contributed by atoms with Gasteiger partial charge in [0.1, 0.15) is 5.75 Å². The minimum absolute atomic E-state index is 0.0791. The van der Waals surface area contributed by atoms with Crippen LogP contribution < -0.4 is 4.74 Å². The zero-order chi connectivity index (χ0) is 20.1. The van der Waals surface area contributed by atoms with Crippen LogP contribution in [-0.4, -0.2) is 28.3 Å². The first-order valence-corrected chi connectivity index (χ1v) is 11.6. The minimum atomic E-state index is -0.995. The molecule has 0 saturated heterocycles. The first kappa shape index (κ1) is 21.4. The minimum Gasteiger partial charge on any atom is -0.426 e. The normalized spacial score (nSPS) is 29.3. The lowest BCUT2D eigenvalue weighted by Gasteiger charge is -2.37. The van der Waals surface area contributed by atoms with E-state index in [1.165, 1.54) is 31.7 Å². The Bertz CT molecular complexity index is 653. The van der Waals surface area contributed by atoms with Gasteiger partial charge in [-0.1, -0.05) is 25.7 Å². The van der Waals surface area contributed by atoms with Crippen molar-refractivity contribution in [2.45, 2.75) is 69.6 Å². The van der Waals surface area contributed by atoms with Crippen LogP contribution in [0.3, 0.4) is 0 Å². The van der Waals surface area contributed by atoms with E-state index in [1.807, 2.05) is 0 Å². The summed E-state index contributed by atoms with van der Waals surface area (Å²) in [6.07, 6.45) is 8.97. The van der Waals surface area contributed by atoms with Crippen LogP contribution in [0, 0.1) is 29.4 Å². The molecule has 154 valence electrons. The highest BCUT2D eigenvalue weighted by atomic mass is 28.2. The molecule has 2 aliphatic rings. The van der Waals surface area contributed by atoms with E-state index in [-0.39, 0.29) is 17.6 Å². The Morgan fingerprint density at radius 3 is 2.18 bits per heavy atom. The van der Waals surface area contributed by atoms with Gasteiger partial charge in [-0.3, -0.25) is 4.79 Å². The SMILES string of the molecule is COC(C)[Si]C1CCC(C2CCC(C(=O)Oc3ccc(F)c(F)c3)CC2)CC1. The lowest BCUT2D eigenvalue weighted by atomic mass is 9.71. The Labute approximate surface area is 169 Å². The second kappa shape index (κ2) is 9.97. The van der Waals surface area contributed by atoms with Crippen molar-refractivity contribution in [3.8, 4) is 5.75 Å². The molecule has 1 atom stereocenters. The average molecular weight is 409 g/mol.